The summed E-state index contributed by atoms with van der Waals surface area (Å²) >= 11 is 0. The molecular weight excluding hydrogens is 1120 g/mol. The van der Waals surface area contributed by atoms with Crippen molar-refractivity contribution in [2.45, 2.75) is 0 Å². The average Bonchev–Trinajstić information content (AvgIpc) is 0.724. The van der Waals surface area contributed by atoms with Crippen LogP contribution in [0.2, 0.25) is 0 Å². The molecule has 0 radical (unpaired) electrons. The first-order valence-corrected chi connectivity index (χ1v) is 31.2. The average molecular weight is 1180 g/mol. The van der Waals surface area contributed by atoms with Crippen LogP contribution < -0.4 is 9.80 Å². The standard InChI is InChI=1S/C88H58F2N2/c89-85-75(67-39-31-63(32-40-67)59-19-7-1-8-20-59)53-55-77(69-43-35-65(36-44-69)61-23-11-3-12-24-61)87(85)91(73-27-15-5-16-28-73)81-57-49-71-48-52-80-82(58-50-72-47-51-79(81)83(71)84(72)80)92(74-29-17-6-18-30-74)88-78(70-45-37-66(38-46-70)62-25-13-4-14-26-62)56-54-76(86(88)90)68-41-33-64(34-42-68)60-21-9-2-10-22-60/h1-58H. The zero-order valence-electron chi connectivity index (χ0n) is 50.1. The van der Waals surface area contributed by atoms with E-state index in [1.807, 2.05) is 146 Å². The molecule has 0 atom stereocenters. The smallest absolute Gasteiger partial charge is 0.155 e. The van der Waals surface area contributed by atoms with Crippen molar-refractivity contribution < 1.29 is 8.78 Å². The third-order valence-electron chi connectivity index (χ3n) is 18.0. The van der Waals surface area contributed by atoms with E-state index in [1.54, 1.807) is 0 Å². The molecule has 0 fully saturated rings. The second kappa shape index (κ2) is 23.8. The molecule has 0 aliphatic rings. The minimum Gasteiger partial charge on any atom is -0.307 e. The van der Waals surface area contributed by atoms with Crippen LogP contribution in [0.3, 0.4) is 0 Å². The van der Waals surface area contributed by atoms with E-state index in [-0.39, 0.29) is 11.6 Å². The number of para-hydroxylation sites is 2. The van der Waals surface area contributed by atoms with Gasteiger partial charge in [-0.05, 0) is 125 Å². The summed E-state index contributed by atoms with van der Waals surface area (Å²) in [5.74, 6) is -0.696. The Morgan fingerprint density at radius 1 is 0.185 bits per heavy atom. The van der Waals surface area contributed by atoms with Crippen molar-refractivity contribution in [3.05, 3.63) is 363 Å². The molecule has 0 heterocycles. The number of anilines is 6. The minimum atomic E-state index is -0.348. The molecule has 16 rings (SSSR count). The maximum Gasteiger partial charge on any atom is 0.155 e. The Kier molecular flexibility index (Phi) is 14.3. The van der Waals surface area contributed by atoms with Crippen LogP contribution in [-0.2, 0) is 0 Å². The molecule has 4 heteroatoms. The lowest BCUT2D eigenvalue weighted by atomic mass is 9.90. The van der Waals surface area contributed by atoms with E-state index in [0.29, 0.717) is 22.5 Å². The monoisotopic (exact) mass is 1180 g/mol. The van der Waals surface area contributed by atoms with Gasteiger partial charge in [0.05, 0.1) is 22.7 Å². The molecule has 0 saturated heterocycles. The normalized spacial score (nSPS) is 11.4. The van der Waals surface area contributed by atoms with E-state index in [2.05, 4.69) is 216 Å². The third kappa shape index (κ3) is 10.1. The van der Waals surface area contributed by atoms with Gasteiger partial charge >= 0.3 is 0 Å². The van der Waals surface area contributed by atoms with Gasteiger partial charge in [-0.1, -0.05) is 315 Å². The molecule has 16 aromatic carbocycles. The van der Waals surface area contributed by atoms with E-state index < -0.39 is 0 Å². The van der Waals surface area contributed by atoms with E-state index in [4.69, 9.17) is 0 Å². The molecule has 0 aliphatic carbocycles. The van der Waals surface area contributed by atoms with Gasteiger partial charge in [0.1, 0.15) is 0 Å². The van der Waals surface area contributed by atoms with Gasteiger partial charge in [-0.2, -0.15) is 0 Å². The lowest BCUT2D eigenvalue weighted by Crippen LogP contribution is -2.15. The second-order valence-corrected chi connectivity index (χ2v) is 23.4. The summed E-state index contributed by atoms with van der Waals surface area (Å²) in [7, 11) is 0. The Hall–Kier alpha value is -12.0. The zero-order valence-corrected chi connectivity index (χ0v) is 50.1. The first-order chi connectivity index (χ1) is 45.5. The topological polar surface area (TPSA) is 6.48 Å². The second-order valence-electron chi connectivity index (χ2n) is 23.4. The maximum atomic E-state index is 19.0. The van der Waals surface area contributed by atoms with Crippen LogP contribution in [0.15, 0.2) is 352 Å². The van der Waals surface area contributed by atoms with Crippen molar-refractivity contribution in [3.63, 3.8) is 0 Å². The van der Waals surface area contributed by atoms with Crippen LogP contribution in [0.5, 0.6) is 0 Å². The third-order valence-corrected chi connectivity index (χ3v) is 18.0. The summed E-state index contributed by atoms with van der Waals surface area (Å²) in [6.45, 7) is 0. The number of hydrogen-bond acceptors (Lipinski definition) is 2. The molecule has 0 aromatic heterocycles. The summed E-state index contributed by atoms with van der Waals surface area (Å²) in [6.07, 6.45) is 0. The summed E-state index contributed by atoms with van der Waals surface area (Å²) in [4.78, 5) is 4.23. The van der Waals surface area contributed by atoms with Crippen LogP contribution in [0.1, 0.15) is 0 Å². The van der Waals surface area contributed by atoms with Gasteiger partial charge in [-0.15, -0.1) is 0 Å². The Bertz CT molecular complexity index is 4940. The Morgan fingerprint density at radius 2 is 0.413 bits per heavy atom. The minimum absolute atomic E-state index is 0.348. The fourth-order valence-corrected chi connectivity index (χ4v) is 13.5. The van der Waals surface area contributed by atoms with E-state index in [0.717, 1.165) is 133 Å². The van der Waals surface area contributed by atoms with Crippen molar-refractivity contribution in [2.75, 3.05) is 9.80 Å². The van der Waals surface area contributed by atoms with Crippen molar-refractivity contribution in [2.24, 2.45) is 0 Å². The predicted octanol–water partition coefficient (Wildman–Crippen LogP) is 25.1. The molecule has 92 heavy (non-hydrogen) atoms. The molecular formula is C88H58F2N2. The fourth-order valence-electron chi connectivity index (χ4n) is 13.5. The van der Waals surface area contributed by atoms with Gasteiger partial charge in [-0.3, -0.25) is 0 Å². The summed E-state index contributed by atoms with van der Waals surface area (Å²) in [5, 5.41) is 5.94. The van der Waals surface area contributed by atoms with Crippen LogP contribution in [0, 0.1) is 11.6 Å². The Morgan fingerprint density at radius 3 is 0.707 bits per heavy atom. The van der Waals surface area contributed by atoms with Crippen LogP contribution >= 0.6 is 0 Å². The number of nitrogens with zero attached hydrogens (tertiary/aromatic N) is 2. The highest BCUT2D eigenvalue weighted by Crippen LogP contribution is 2.53. The largest absolute Gasteiger partial charge is 0.307 e. The van der Waals surface area contributed by atoms with Crippen LogP contribution in [0.25, 0.3) is 121 Å². The molecule has 434 valence electrons. The summed E-state index contributed by atoms with van der Waals surface area (Å²) in [6, 6.07) is 120. The molecule has 0 N–H and O–H groups in total. The lowest BCUT2D eigenvalue weighted by molar-refractivity contribution is 0.632. The SMILES string of the molecule is Fc1c(-c2ccc(-c3ccccc3)cc2)ccc(-c2ccc(-c3ccccc3)cc2)c1N(c1ccccc1)c1ccc2ccc3c(N(c4ccccc4)c4c(-c5ccc(-c6ccccc6)cc5)ccc(-c5ccc(-c6ccccc6)cc5)c4F)ccc4ccc1c2c43. The Balaban J connectivity index is 0.906. The maximum absolute atomic E-state index is 19.0. The first-order valence-electron chi connectivity index (χ1n) is 31.2. The molecule has 16 aromatic rings. The first kappa shape index (κ1) is 55.3. The lowest BCUT2D eigenvalue weighted by Gasteiger charge is -2.32. The van der Waals surface area contributed by atoms with Gasteiger partial charge in [0.2, 0.25) is 0 Å². The molecule has 0 unspecified atom stereocenters. The van der Waals surface area contributed by atoms with E-state index >= 15 is 8.78 Å². The molecule has 0 amide bonds. The number of halogens is 2. The molecule has 0 aliphatic heterocycles. The highest BCUT2D eigenvalue weighted by molar-refractivity contribution is 6.28. The van der Waals surface area contributed by atoms with Crippen LogP contribution in [0.4, 0.5) is 42.9 Å². The number of benzene rings is 16. The van der Waals surface area contributed by atoms with E-state index in [1.165, 1.54) is 0 Å². The molecule has 0 bridgehead atoms. The quantitative estimate of drug-likeness (QED) is 0.100. The van der Waals surface area contributed by atoms with Crippen molar-refractivity contribution in [1.29, 1.82) is 0 Å². The van der Waals surface area contributed by atoms with Gasteiger partial charge < -0.3 is 9.80 Å². The highest BCUT2D eigenvalue weighted by Gasteiger charge is 2.30. The molecule has 0 spiro atoms. The van der Waals surface area contributed by atoms with E-state index in [9.17, 15) is 0 Å². The number of rotatable bonds is 14. The van der Waals surface area contributed by atoms with Crippen molar-refractivity contribution >= 4 is 66.4 Å². The summed E-state index contributed by atoms with van der Waals surface area (Å²) < 4.78 is 38.0. The van der Waals surface area contributed by atoms with Gasteiger partial charge in [-0.25, -0.2) is 8.78 Å². The number of hydrogen-bond donors (Lipinski definition) is 0. The summed E-state index contributed by atoms with van der Waals surface area (Å²) in [5.41, 5.74) is 18.4. The fraction of sp³-hybridized carbons (Fsp3) is 0. The zero-order chi connectivity index (χ0) is 61.5. The van der Waals surface area contributed by atoms with Gasteiger partial charge in [0.25, 0.3) is 0 Å². The highest BCUT2D eigenvalue weighted by atomic mass is 19.1. The predicted molar refractivity (Wildman–Crippen MR) is 383 cm³/mol. The van der Waals surface area contributed by atoms with Crippen LogP contribution in [-0.4, -0.2) is 0 Å². The molecule has 2 nitrogen and oxygen atoms in total. The van der Waals surface area contributed by atoms with Crippen molar-refractivity contribution in [3.8, 4) is 89.0 Å². The van der Waals surface area contributed by atoms with Gasteiger partial charge in [0, 0.05) is 44.4 Å². The molecule has 0 saturated carbocycles. The van der Waals surface area contributed by atoms with Crippen molar-refractivity contribution in [1.82, 2.24) is 0 Å². The van der Waals surface area contributed by atoms with Gasteiger partial charge in [0.15, 0.2) is 11.6 Å². The Labute approximate surface area is 534 Å².